The first-order valence-electron chi connectivity index (χ1n) is 3.25. The van der Waals surface area contributed by atoms with Crippen LogP contribution in [0.4, 0.5) is 0 Å². The Morgan fingerprint density at radius 2 is 2.46 bits per heavy atom. The van der Waals surface area contributed by atoms with E-state index in [4.69, 9.17) is 5.26 Å². The summed E-state index contributed by atoms with van der Waals surface area (Å²) < 4.78 is 8.00. The van der Waals surface area contributed by atoms with Crippen molar-refractivity contribution in [3.05, 3.63) is 10.6 Å². The highest BCUT2D eigenvalue weighted by molar-refractivity contribution is 8.01. The van der Waals surface area contributed by atoms with Gasteiger partial charge in [-0.25, -0.2) is 9.80 Å². The normalized spacial score (nSPS) is 18.4. The molecule has 7 heteroatoms. The fraction of sp³-hybridized carbons (Fsp3) is 0.333. The summed E-state index contributed by atoms with van der Waals surface area (Å²) in [5.74, 6) is -0.677. The number of nitrogens with zero attached hydrogens (tertiary/aromatic N) is 4. The molecule has 1 aliphatic rings. The minimum absolute atomic E-state index is 0.0833. The lowest BCUT2D eigenvalue weighted by molar-refractivity contribution is -0.135. The lowest BCUT2D eigenvalue weighted by Crippen LogP contribution is -2.12. The number of ether oxygens (including phenoxy) is 1. The van der Waals surface area contributed by atoms with Gasteiger partial charge < -0.3 is 4.74 Å². The van der Waals surface area contributed by atoms with Crippen LogP contribution in [0.3, 0.4) is 0 Å². The maximum absolute atomic E-state index is 11.0. The van der Waals surface area contributed by atoms with Gasteiger partial charge in [0.25, 0.3) is 0 Å². The van der Waals surface area contributed by atoms with Gasteiger partial charge in [-0.2, -0.15) is 5.26 Å². The van der Waals surface area contributed by atoms with Crippen molar-refractivity contribution in [3.63, 3.8) is 0 Å². The van der Waals surface area contributed by atoms with Gasteiger partial charge in [-0.1, -0.05) is 9.74 Å². The molecular weight excluding hydrogens is 192 g/mol. The first-order valence-corrected chi connectivity index (χ1v) is 4.02. The lowest BCUT2D eigenvalue weighted by Gasteiger charge is -2.06. The molecule has 0 spiro atoms. The number of esters is 1. The van der Waals surface area contributed by atoms with Crippen molar-refractivity contribution in [1.82, 2.24) is 5.01 Å². The minimum atomic E-state index is -0.677. The van der Waals surface area contributed by atoms with Crippen molar-refractivity contribution in [2.24, 2.45) is 9.74 Å². The summed E-state index contributed by atoms with van der Waals surface area (Å²) in [5, 5.41) is 14.0. The van der Waals surface area contributed by atoms with Gasteiger partial charge in [-0.15, -0.1) is 0 Å². The first-order chi connectivity index (χ1) is 6.20. The van der Waals surface area contributed by atoms with Crippen molar-refractivity contribution in [2.45, 2.75) is 0 Å². The number of nitriles is 1. The summed E-state index contributed by atoms with van der Waals surface area (Å²) in [6.07, 6.45) is 0. The molecule has 0 bridgehead atoms. The molecule has 0 amide bonds. The molecule has 0 aromatic carbocycles. The van der Waals surface area contributed by atoms with Crippen molar-refractivity contribution in [3.8, 4) is 6.07 Å². The average Bonchev–Trinajstić information content (AvgIpc) is 2.53. The molecule has 1 rings (SSSR count). The third kappa shape index (κ3) is 1.78. The number of carbonyl (C=O) groups is 1. The Morgan fingerprint density at radius 3 is 2.85 bits per heavy atom. The lowest BCUT2D eigenvalue weighted by atomic mass is 10.3. The predicted molar refractivity (Wildman–Crippen MR) is 44.9 cm³/mol. The van der Waals surface area contributed by atoms with Gasteiger partial charge in [0.05, 0.1) is 19.1 Å². The van der Waals surface area contributed by atoms with Crippen LogP contribution in [0.1, 0.15) is 0 Å². The second-order valence-corrected chi connectivity index (χ2v) is 2.80. The summed E-state index contributed by atoms with van der Waals surface area (Å²) in [6, 6.07) is 1.75. The van der Waals surface area contributed by atoms with E-state index in [0.29, 0.717) is 5.03 Å². The Kier molecular flexibility index (Phi) is 2.87. The molecule has 0 saturated carbocycles. The number of hydrogen-bond acceptors (Lipinski definition) is 7. The molecule has 0 N–H and O–H groups in total. The van der Waals surface area contributed by atoms with Crippen molar-refractivity contribution in [2.75, 3.05) is 14.2 Å². The van der Waals surface area contributed by atoms with E-state index in [1.807, 2.05) is 0 Å². The van der Waals surface area contributed by atoms with Crippen molar-refractivity contribution >= 4 is 17.9 Å². The molecule has 6 nitrogen and oxygen atoms in total. The van der Waals surface area contributed by atoms with Gasteiger partial charge in [0.15, 0.2) is 5.57 Å². The molecule has 0 aromatic rings. The quantitative estimate of drug-likeness (QED) is 0.270. The SMILES string of the molecule is COC(=O)/C(C#N)=C1/SN=NN1C. The zero-order valence-electron chi connectivity index (χ0n) is 7.01. The van der Waals surface area contributed by atoms with Crippen LogP contribution in [0.25, 0.3) is 0 Å². The summed E-state index contributed by atoms with van der Waals surface area (Å²) in [7, 11) is 2.81. The molecule has 1 aliphatic heterocycles. The molecule has 0 aromatic heterocycles. The summed E-state index contributed by atoms with van der Waals surface area (Å²) in [5.41, 5.74) is -0.0833. The fourth-order valence-electron chi connectivity index (χ4n) is 0.702. The zero-order chi connectivity index (χ0) is 9.84. The van der Waals surface area contributed by atoms with Crippen LogP contribution in [0.15, 0.2) is 20.3 Å². The molecule has 0 atom stereocenters. The number of carbonyl (C=O) groups excluding carboxylic acids is 1. The molecular formula is C6H6N4O2S. The van der Waals surface area contributed by atoms with Gasteiger partial charge in [0, 0.05) is 7.05 Å². The van der Waals surface area contributed by atoms with Crippen LogP contribution in [-0.2, 0) is 9.53 Å². The first kappa shape index (κ1) is 9.54. The van der Waals surface area contributed by atoms with E-state index in [1.54, 1.807) is 13.1 Å². The van der Waals surface area contributed by atoms with Crippen molar-refractivity contribution < 1.29 is 9.53 Å². The van der Waals surface area contributed by atoms with Crippen LogP contribution in [0.5, 0.6) is 0 Å². The highest BCUT2D eigenvalue weighted by Crippen LogP contribution is 2.30. The second kappa shape index (κ2) is 3.91. The Morgan fingerprint density at radius 1 is 1.77 bits per heavy atom. The van der Waals surface area contributed by atoms with Crippen molar-refractivity contribution in [1.29, 1.82) is 5.26 Å². The Balaban J connectivity index is 3.01. The molecule has 0 fully saturated rings. The van der Waals surface area contributed by atoms with E-state index in [2.05, 4.69) is 14.5 Å². The number of hydrogen-bond donors (Lipinski definition) is 0. The van der Waals surface area contributed by atoms with Gasteiger partial charge in [-0.3, -0.25) is 0 Å². The topological polar surface area (TPSA) is 78.0 Å². The second-order valence-electron chi connectivity index (χ2n) is 2.07. The molecule has 13 heavy (non-hydrogen) atoms. The van der Waals surface area contributed by atoms with E-state index in [0.717, 1.165) is 11.9 Å². The van der Waals surface area contributed by atoms with Gasteiger partial charge >= 0.3 is 5.97 Å². The zero-order valence-corrected chi connectivity index (χ0v) is 7.83. The Bertz CT molecular complexity index is 330. The predicted octanol–water partition coefficient (Wildman–Crippen LogP) is 0.855. The molecule has 0 aliphatic carbocycles. The van der Waals surface area contributed by atoms with E-state index in [-0.39, 0.29) is 5.57 Å². The number of rotatable bonds is 1. The molecule has 1 heterocycles. The molecule has 68 valence electrons. The number of methoxy groups -OCH3 is 1. The molecule has 0 radical (unpaired) electrons. The fourth-order valence-corrected chi connectivity index (χ4v) is 1.30. The maximum atomic E-state index is 11.0. The highest BCUT2D eigenvalue weighted by atomic mass is 32.2. The van der Waals surface area contributed by atoms with Gasteiger partial charge in [-0.05, 0) is 0 Å². The summed E-state index contributed by atoms with van der Waals surface area (Å²) in [4.78, 5) is 11.0. The van der Waals surface area contributed by atoms with Gasteiger partial charge in [0.2, 0.25) is 0 Å². The van der Waals surface area contributed by atoms with Crippen LogP contribution in [0.2, 0.25) is 0 Å². The third-order valence-electron chi connectivity index (χ3n) is 1.31. The van der Waals surface area contributed by atoms with Crippen LogP contribution in [-0.4, -0.2) is 25.1 Å². The van der Waals surface area contributed by atoms with Gasteiger partial charge in [0.1, 0.15) is 11.1 Å². The highest BCUT2D eigenvalue weighted by Gasteiger charge is 2.23. The Labute approximate surface area is 79.0 Å². The maximum Gasteiger partial charge on any atom is 0.351 e. The average molecular weight is 198 g/mol. The van der Waals surface area contributed by atoms with E-state index in [1.165, 1.54) is 12.1 Å². The smallest absolute Gasteiger partial charge is 0.351 e. The van der Waals surface area contributed by atoms with Crippen LogP contribution < -0.4 is 0 Å². The summed E-state index contributed by atoms with van der Waals surface area (Å²) >= 11 is 0.967. The minimum Gasteiger partial charge on any atom is -0.465 e. The van der Waals surface area contributed by atoms with Crippen LogP contribution in [0, 0.1) is 11.3 Å². The molecule has 0 saturated heterocycles. The monoisotopic (exact) mass is 198 g/mol. The van der Waals surface area contributed by atoms with E-state index >= 15 is 0 Å². The van der Waals surface area contributed by atoms with E-state index < -0.39 is 5.97 Å². The van der Waals surface area contributed by atoms with Crippen LogP contribution >= 0.6 is 11.9 Å². The molecule has 0 unspecified atom stereocenters. The van der Waals surface area contributed by atoms with E-state index in [9.17, 15) is 4.79 Å². The summed E-state index contributed by atoms with van der Waals surface area (Å²) in [6.45, 7) is 0. The standard InChI is InChI=1S/C6H6N4O2S/c1-10-5(13-9-8-10)4(3-7)6(11)12-2/h1-2H3/b5-4+. The largest absolute Gasteiger partial charge is 0.465 e. The Hall–Kier alpha value is -1.55. The third-order valence-corrected chi connectivity index (χ3v) is 2.10.